The van der Waals surface area contributed by atoms with Crippen LogP contribution in [-0.4, -0.2) is 0 Å². The van der Waals surface area contributed by atoms with Crippen LogP contribution in [0.1, 0.15) is 79.3 Å². The summed E-state index contributed by atoms with van der Waals surface area (Å²) >= 11 is 0. The normalized spacial score (nSPS) is 13.6. The summed E-state index contributed by atoms with van der Waals surface area (Å²) in [4.78, 5) is 0. The fraction of sp³-hybridized carbons (Fsp3) is 0.220. The van der Waals surface area contributed by atoms with E-state index in [1.165, 1.54) is 96.3 Å². The van der Waals surface area contributed by atoms with Crippen LogP contribution in [0.2, 0.25) is 0 Å². The van der Waals surface area contributed by atoms with Gasteiger partial charge in [-0.25, -0.2) is 0 Å². The Balaban J connectivity index is 0.000000164. The average molecular weight is 771 g/mol. The van der Waals surface area contributed by atoms with Crippen molar-refractivity contribution >= 4 is 0 Å². The zero-order chi connectivity index (χ0) is 41.6. The van der Waals surface area contributed by atoms with Crippen LogP contribution < -0.4 is 0 Å². The van der Waals surface area contributed by atoms with E-state index >= 15 is 0 Å². The largest absolute Gasteiger partial charge is 0.0801 e. The molecule has 0 amide bonds. The Morgan fingerprint density at radius 2 is 0.932 bits per heavy atom. The standard InChI is InChI=1S/C29H30.C16H18.C14H14/c1-4-22(3)23-17-19-25(20-18-23)27-10-6-8-12-29(27)28-11-7-5-9-26(28)24-15-13-21(2)14-16-24;1-3-8-14-10-5-7-12-16(14)15-11-6-4-9-13(15)2;1-11-7-3-5-9-13(11)14-10-6-4-8-12(14)2/h5-19,22,25H,4,20H2,1-3H3;4-7,9-12H,3,8H2,1-2H3;3-10H,1-2H3. The van der Waals surface area contributed by atoms with Crippen LogP contribution >= 0.6 is 0 Å². The third kappa shape index (κ3) is 11.0. The van der Waals surface area contributed by atoms with Gasteiger partial charge in [0.05, 0.1) is 0 Å². The lowest BCUT2D eigenvalue weighted by Crippen LogP contribution is -2.05. The summed E-state index contributed by atoms with van der Waals surface area (Å²) in [6, 6.07) is 60.9. The van der Waals surface area contributed by atoms with E-state index < -0.39 is 0 Å². The first-order chi connectivity index (χ1) is 28.8. The second-order valence-electron chi connectivity index (χ2n) is 16.1. The molecule has 59 heavy (non-hydrogen) atoms. The third-order valence-electron chi connectivity index (χ3n) is 11.8. The molecule has 0 bridgehead atoms. The van der Waals surface area contributed by atoms with Gasteiger partial charge in [-0.3, -0.25) is 0 Å². The quantitative estimate of drug-likeness (QED) is 0.137. The van der Waals surface area contributed by atoms with Crippen molar-refractivity contribution in [1.29, 1.82) is 0 Å². The maximum atomic E-state index is 2.45. The molecule has 0 radical (unpaired) electrons. The monoisotopic (exact) mass is 770 g/mol. The number of aryl methyl sites for hydroxylation is 5. The van der Waals surface area contributed by atoms with Gasteiger partial charge in [0.1, 0.15) is 0 Å². The van der Waals surface area contributed by atoms with Crippen molar-refractivity contribution in [2.75, 3.05) is 0 Å². The van der Waals surface area contributed by atoms with Crippen molar-refractivity contribution in [1.82, 2.24) is 0 Å². The first kappa shape index (κ1) is 42.6. The zero-order valence-electron chi connectivity index (χ0n) is 36.4. The van der Waals surface area contributed by atoms with Crippen molar-refractivity contribution in [3.63, 3.8) is 0 Å². The molecule has 1 aliphatic carbocycles. The van der Waals surface area contributed by atoms with Crippen molar-refractivity contribution in [2.24, 2.45) is 5.92 Å². The average Bonchev–Trinajstić information content (AvgIpc) is 3.28. The summed E-state index contributed by atoms with van der Waals surface area (Å²) in [7, 11) is 0. The van der Waals surface area contributed by atoms with Crippen LogP contribution in [0, 0.1) is 33.6 Å². The topological polar surface area (TPSA) is 0 Å². The molecule has 2 atom stereocenters. The maximum absolute atomic E-state index is 2.45. The van der Waals surface area contributed by atoms with Crippen LogP contribution in [0.3, 0.4) is 0 Å². The number of hydrogen-bond acceptors (Lipinski definition) is 0. The molecule has 0 heterocycles. The van der Waals surface area contributed by atoms with E-state index in [1.807, 2.05) is 0 Å². The van der Waals surface area contributed by atoms with Crippen LogP contribution in [0.4, 0.5) is 0 Å². The van der Waals surface area contributed by atoms with Gasteiger partial charge in [0.2, 0.25) is 0 Å². The van der Waals surface area contributed by atoms with Gasteiger partial charge in [-0.2, -0.15) is 0 Å². The highest BCUT2D eigenvalue weighted by Gasteiger charge is 2.19. The number of benzene rings is 7. The summed E-state index contributed by atoms with van der Waals surface area (Å²) < 4.78 is 0. The van der Waals surface area contributed by atoms with Crippen LogP contribution in [-0.2, 0) is 6.42 Å². The molecule has 1 aliphatic rings. The van der Waals surface area contributed by atoms with Gasteiger partial charge in [-0.05, 0) is 131 Å². The Labute approximate surface area is 356 Å². The van der Waals surface area contributed by atoms with Gasteiger partial charge >= 0.3 is 0 Å². The van der Waals surface area contributed by atoms with Gasteiger partial charge in [0, 0.05) is 5.92 Å². The van der Waals surface area contributed by atoms with Crippen molar-refractivity contribution in [2.45, 2.75) is 80.1 Å². The molecule has 298 valence electrons. The minimum absolute atomic E-state index is 0.435. The summed E-state index contributed by atoms with van der Waals surface area (Å²) in [5.41, 5.74) is 20.4. The molecule has 0 N–H and O–H groups in total. The number of rotatable bonds is 9. The molecule has 2 unspecified atom stereocenters. The van der Waals surface area contributed by atoms with Crippen molar-refractivity contribution < 1.29 is 0 Å². The van der Waals surface area contributed by atoms with E-state index in [-0.39, 0.29) is 0 Å². The van der Waals surface area contributed by atoms with Gasteiger partial charge in [0.25, 0.3) is 0 Å². The molecule has 0 spiro atoms. The molecule has 0 aliphatic heterocycles. The van der Waals surface area contributed by atoms with Gasteiger partial charge < -0.3 is 0 Å². The fourth-order valence-electron chi connectivity index (χ4n) is 8.13. The number of allylic oxidation sites excluding steroid dienone is 4. The van der Waals surface area contributed by atoms with Crippen molar-refractivity contribution in [3.05, 3.63) is 227 Å². The summed E-state index contributed by atoms with van der Waals surface area (Å²) in [5, 5.41) is 0. The Bertz CT molecular complexity index is 2430. The van der Waals surface area contributed by atoms with Crippen LogP contribution in [0.25, 0.3) is 44.5 Å². The molecule has 0 nitrogen and oxygen atoms in total. The Morgan fingerprint density at radius 1 is 0.475 bits per heavy atom. The summed E-state index contributed by atoms with van der Waals surface area (Å²) in [6.07, 6.45) is 11.8. The SMILES string of the molecule is CCC(C)C1=CCC(c2ccccc2-c2ccccc2-c2ccc(C)cc2)C=C1.CCCc1ccccc1-c1ccccc1C.Cc1ccccc1-c1ccccc1C. The predicted molar refractivity (Wildman–Crippen MR) is 258 cm³/mol. The summed E-state index contributed by atoms with van der Waals surface area (Å²) in [5.74, 6) is 1.08. The second kappa shape index (κ2) is 21.1. The molecule has 7 aromatic carbocycles. The third-order valence-corrected chi connectivity index (χ3v) is 11.8. The first-order valence-corrected chi connectivity index (χ1v) is 21.7. The highest BCUT2D eigenvalue weighted by molar-refractivity contribution is 5.85. The molecule has 0 fully saturated rings. The Morgan fingerprint density at radius 3 is 1.44 bits per heavy atom. The summed E-state index contributed by atoms with van der Waals surface area (Å²) in [6.45, 7) is 15.4. The maximum Gasteiger partial charge on any atom is 0.00620 e. The van der Waals surface area contributed by atoms with E-state index in [0.29, 0.717) is 11.8 Å². The molecule has 0 saturated carbocycles. The van der Waals surface area contributed by atoms with E-state index in [4.69, 9.17) is 0 Å². The molecular formula is C59H62. The Hall–Kier alpha value is -5.98. The first-order valence-electron chi connectivity index (χ1n) is 21.7. The van der Waals surface area contributed by atoms with E-state index in [1.54, 1.807) is 0 Å². The van der Waals surface area contributed by atoms with E-state index in [0.717, 1.165) is 12.8 Å². The second-order valence-corrected chi connectivity index (χ2v) is 16.1. The number of hydrogen-bond donors (Lipinski definition) is 0. The van der Waals surface area contributed by atoms with Crippen LogP contribution in [0.5, 0.6) is 0 Å². The molecule has 0 saturated heterocycles. The minimum atomic E-state index is 0.435. The molecule has 0 aromatic heterocycles. The highest BCUT2D eigenvalue weighted by atomic mass is 14.2. The molecule has 7 aromatic rings. The van der Waals surface area contributed by atoms with Crippen molar-refractivity contribution in [3.8, 4) is 44.5 Å². The zero-order valence-corrected chi connectivity index (χ0v) is 36.4. The lowest BCUT2D eigenvalue weighted by Gasteiger charge is -2.23. The van der Waals surface area contributed by atoms with E-state index in [9.17, 15) is 0 Å². The highest BCUT2D eigenvalue weighted by Crippen LogP contribution is 2.40. The smallest absolute Gasteiger partial charge is 0.00620 e. The van der Waals surface area contributed by atoms with Gasteiger partial charge in [-0.15, -0.1) is 0 Å². The van der Waals surface area contributed by atoms with E-state index in [2.05, 4.69) is 237 Å². The lowest BCUT2D eigenvalue weighted by molar-refractivity contribution is 0.656. The molecule has 0 heteroatoms. The predicted octanol–water partition coefficient (Wildman–Crippen LogP) is 16.9. The lowest BCUT2D eigenvalue weighted by atomic mass is 9.82. The minimum Gasteiger partial charge on any atom is -0.0801 e. The fourth-order valence-corrected chi connectivity index (χ4v) is 8.13. The van der Waals surface area contributed by atoms with Gasteiger partial charge in [-0.1, -0.05) is 221 Å². The molecule has 8 rings (SSSR count). The van der Waals surface area contributed by atoms with Gasteiger partial charge in [0.15, 0.2) is 0 Å². The Kier molecular flexibility index (Phi) is 15.3. The van der Waals surface area contributed by atoms with Crippen LogP contribution in [0.15, 0.2) is 194 Å². The molecular weight excluding hydrogens is 709 g/mol.